The number of likely N-dealkylation sites (tertiary alicyclic amines) is 1. The molecule has 142 valence electrons. The summed E-state index contributed by atoms with van der Waals surface area (Å²) in [7, 11) is 0. The van der Waals surface area contributed by atoms with Crippen LogP contribution < -0.4 is 10.6 Å². The van der Waals surface area contributed by atoms with Crippen molar-refractivity contribution in [1.82, 2.24) is 9.88 Å². The van der Waals surface area contributed by atoms with Gasteiger partial charge in [0.2, 0.25) is 5.91 Å². The number of anilines is 3. The van der Waals surface area contributed by atoms with Gasteiger partial charge in [-0.3, -0.25) is 9.59 Å². The van der Waals surface area contributed by atoms with Crippen molar-refractivity contribution in [3.63, 3.8) is 0 Å². The van der Waals surface area contributed by atoms with Crippen molar-refractivity contribution < 1.29 is 9.59 Å². The summed E-state index contributed by atoms with van der Waals surface area (Å²) in [6.07, 6.45) is 5.97. The number of pyridine rings is 1. The summed E-state index contributed by atoms with van der Waals surface area (Å²) in [5, 5.41) is 5.95. The van der Waals surface area contributed by atoms with Gasteiger partial charge in [-0.1, -0.05) is 13.0 Å². The lowest BCUT2D eigenvalue weighted by atomic mass is 9.99. The topological polar surface area (TPSA) is 74.3 Å². The Morgan fingerprint density at radius 2 is 2.00 bits per heavy atom. The maximum Gasteiger partial charge on any atom is 0.255 e. The number of hydrogen-bond acceptors (Lipinski definition) is 4. The first-order valence-electron chi connectivity index (χ1n) is 9.48. The number of amides is 2. The quantitative estimate of drug-likeness (QED) is 0.832. The number of aromatic nitrogens is 1. The van der Waals surface area contributed by atoms with Gasteiger partial charge >= 0.3 is 0 Å². The summed E-state index contributed by atoms with van der Waals surface area (Å²) in [5.41, 5.74) is 2.15. The van der Waals surface area contributed by atoms with Gasteiger partial charge in [-0.15, -0.1) is 0 Å². The molecule has 0 spiro atoms. The molecule has 1 aromatic carbocycles. The van der Waals surface area contributed by atoms with Crippen LogP contribution in [-0.4, -0.2) is 34.3 Å². The summed E-state index contributed by atoms with van der Waals surface area (Å²) >= 11 is 0. The van der Waals surface area contributed by atoms with E-state index in [1.807, 2.05) is 41.3 Å². The van der Waals surface area contributed by atoms with Crippen LogP contribution in [0, 0.1) is 0 Å². The highest BCUT2D eigenvalue weighted by molar-refractivity contribution is 5.94. The molecule has 6 nitrogen and oxygen atoms in total. The van der Waals surface area contributed by atoms with Gasteiger partial charge in [0.15, 0.2) is 0 Å². The summed E-state index contributed by atoms with van der Waals surface area (Å²) < 4.78 is 0. The maximum absolute atomic E-state index is 12.8. The summed E-state index contributed by atoms with van der Waals surface area (Å²) in [6, 6.07) is 11.4. The van der Waals surface area contributed by atoms with Crippen molar-refractivity contribution >= 4 is 29.0 Å². The third-order valence-electron chi connectivity index (χ3n) is 4.83. The SMILES string of the molecule is CCC1CCCCN1C(=O)c1ccc(Nc2cccc(NC(C)=O)c2)nc1. The molecule has 1 aliphatic rings. The van der Waals surface area contributed by atoms with Gasteiger partial charge in [0.05, 0.1) is 5.56 Å². The highest BCUT2D eigenvalue weighted by atomic mass is 16.2. The molecule has 2 aromatic rings. The molecular weight excluding hydrogens is 340 g/mol. The Labute approximate surface area is 160 Å². The fraction of sp³-hybridized carbons (Fsp3) is 0.381. The number of nitrogens with zero attached hydrogens (tertiary/aromatic N) is 2. The molecule has 1 fully saturated rings. The molecule has 2 amide bonds. The molecule has 1 saturated heterocycles. The molecule has 27 heavy (non-hydrogen) atoms. The fourth-order valence-corrected chi connectivity index (χ4v) is 3.48. The molecule has 1 aromatic heterocycles. The number of benzene rings is 1. The zero-order chi connectivity index (χ0) is 19.2. The van der Waals surface area contributed by atoms with E-state index in [1.165, 1.54) is 13.3 Å². The Bertz CT molecular complexity index is 804. The molecular formula is C21H26N4O2. The van der Waals surface area contributed by atoms with Gasteiger partial charge in [0.25, 0.3) is 5.91 Å². The van der Waals surface area contributed by atoms with Crippen molar-refractivity contribution in [2.45, 2.75) is 45.6 Å². The van der Waals surface area contributed by atoms with Crippen molar-refractivity contribution in [2.75, 3.05) is 17.2 Å². The molecule has 1 aliphatic heterocycles. The molecule has 6 heteroatoms. The molecule has 2 N–H and O–H groups in total. The normalized spacial score (nSPS) is 16.7. The summed E-state index contributed by atoms with van der Waals surface area (Å²) in [6.45, 7) is 4.44. The lowest BCUT2D eigenvalue weighted by molar-refractivity contribution is -0.114. The third-order valence-corrected chi connectivity index (χ3v) is 4.83. The zero-order valence-electron chi connectivity index (χ0n) is 15.9. The lowest BCUT2D eigenvalue weighted by Crippen LogP contribution is -2.43. The standard InChI is InChI=1S/C21H26N4O2/c1-3-19-9-4-5-12-25(19)21(27)16-10-11-20(22-14-16)24-18-8-6-7-17(13-18)23-15(2)26/h6-8,10-11,13-14,19H,3-5,9,12H2,1-2H3,(H,22,24)(H,23,26). The van der Waals surface area contributed by atoms with E-state index in [9.17, 15) is 9.59 Å². The van der Waals surface area contributed by atoms with Gasteiger partial charge in [-0.2, -0.15) is 0 Å². The minimum atomic E-state index is -0.115. The maximum atomic E-state index is 12.8. The van der Waals surface area contributed by atoms with E-state index in [0.29, 0.717) is 17.4 Å². The molecule has 0 saturated carbocycles. The van der Waals surface area contributed by atoms with E-state index in [-0.39, 0.29) is 11.8 Å². The van der Waals surface area contributed by atoms with Crippen molar-refractivity contribution in [3.8, 4) is 0 Å². The Morgan fingerprint density at radius 1 is 1.19 bits per heavy atom. The molecule has 3 rings (SSSR count). The van der Waals surface area contributed by atoms with Crippen molar-refractivity contribution in [2.24, 2.45) is 0 Å². The number of carbonyl (C=O) groups excluding carboxylic acids is 2. The number of nitrogens with one attached hydrogen (secondary N) is 2. The molecule has 0 bridgehead atoms. The number of hydrogen-bond donors (Lipinski definition) is 2. The number of piperidine rings is 1. The third kappa shape index (κ3) is 4.84. The highest BCUT2D eigenvalue weighted by Crippen LogP contribution is 2.23. The van der Waals surface area contributed by atoms with Crippen LogP contribution in [0.4, 0.5) is 17.2 Å². The average molecular weight is 366 g/mol. The fourth-order valence-electron chi connectivity index (χ4n) is 3.48. The van der Waals surface area contributed by atoms with Crippen LogP contribution in [-0.2, 0) is 4.79 Å². The van der Waals surface area contributed by atoms with Crippen LogP contribution in [0.15, 0.2) is 42.6 Å². The van der Waals surface area contributed by atoms with Crippen molar-refractivity contribution in [3.05, 3.63) is 48.2 Å². The van der Waals surface area contributed by atoms with Crippen LogP contribution in [0.2, 0.25) is 0 Å². The van der Waals surface area contributed by atoms with E-state index < -0.39 is 0 Å². The Morgan fingerprint density at radius 3 is 2.70 bits per heavy atom. The summed E-state index contributed by atoms with van der Waals surface area (Å²) in [5.74, 6) is 0.599. The first-order valence-corrected chi connectivity index (χ1v) is 9.48. The Hall–Kier alpha value is -2.89. The molecule has 1 atom stereocenters. The van der Waals surface area contributed by atoms with E-state index >= 15 is 0 Å². The highest BCUT2D eigenvalue weighted by Gasteiger charge is 2.26. The predicted molar refractivity (Wildman–Crippen MR) is 107 cm³/mol. The second-order valence-corrected chi connectivity index (χ2v) is 6.88. The van der Waals surface area contributed by atoms with Gasteiger partial charge in [0, 0.05) is 37.1 Å². The smallest absolute Gasteiger partial charge is 0.255 e. The largest absolute Gasteiger partial charge is 0.340 e. The van der Waals surface area contributed by atoms with Crippen LogP contribution in [0.1, 0.15) is 49.9 Å². The molecule has 2 heterocycles. The lowest BCUT2D eigenvalue weighted by Gasteiger charge is -2.35. The minimum absolute atomic E-state index is 0.0632. The second kappa shape index (κ2) is 8.66. The van der Waals surface area contributed by atoms with E-state index in [0.717, 1.165) is 37.2 Å². The van der Waals surface area contributed by atoms with Gasteiger partial charge < -0.3 is 15.5 Å². The van der Waals surface area contributed by atoms with E-state index in [4.69, 9.17) is 0 Å². The number of carbonyl (C=O) groups is 2. The van der Waals surface area contributed by atoms with Crippen LogP contribution in [0.5, 0.6) is 0 Å². The molecule has 0 aliphatic carbocycles. The number of rotatable bonds is 5. The van der Waals surface area contributed by atoms with Gasteiger partial charge in [-0.25, -0.2) is 4.98 Å². The van der Waals surface area contributed by atoms with Crippen molar-refractivity contribution in [1.29, 1.82) is 0 Å². The Kier molecular flexibility index (Phi) is 6.06. The molecule has 1 unspecified atom stereocenters. The first kappa shape index (κ1) is 18.9. The molecule has 0 radical (unpaired) electrons. The van der Waals surface area contributed by atoms with E-state index in [2.05, 4.69) is 22.5 Å². The van der Waals surface area contributed by atoms with Crippen LogP contribution >= 0.6 is 0 Å². The first-order chi connectivity index (χ1) is 13.1. The van der Waals surface area contributed by atoms with Gasteiger partial charge in [0.1, 0.15) is 5.82 Å². The van der Waals surface area contributed by atoms with Crippen LogP contribution in [0.25, 0.3) is 0 Å². The van der Waals surface area contributed by atoms with Crippen LogP contribution in [0.3, 0.4) is 0 Å². The van der Waals surface area contributed by atoms with E-state index in [1.54, 1.807) is 6.20 Å². The average Bonchev–Trinajstić information content (AvgIpc) is 2.68. The Balaban J connectivity index is 1.68. The zero-order valence-corrected chi connectivity index (χ0v) is 15.9. The monoisotopic (exact) mass is 366 g/mol. The second-order valence-electron chi connectivity index (χ2n) is 6.88. The predicted octanol–water partition coefficient (Wildman–Crippen LogP) is 4.19. The van der Waals surface area contributed by atoms with Gasteiger partial charge in [-0.05, 0) is 56.0 Å². The minimum Gasteiger partial charge on any atom is -0.340 e. The summed E-state index contributed by atoms with van der Waals surface area (Å²) in [4.78, 5) is 30.4.